The van der Waals surface area contributed by atoms with Crippen molar-refractivity contribution >= 4 is 22.1 Å². The molecule has 2 unspecified atom stereocenters. The number of aromatic nitrogens is 2. The molecule has 2 atom stereocenters. The van der Waals surface area contributed by atoms with Gasteiger partial charge in [0.2, 0.25) is 11.8 Å². The number of carbonyl (C=O) groups is 2. The predicted molar refractivity (Wildman–Crippen MR) is 79.0 cm³/mol. The number of hydrogen-bond donors (Lipinski definition) is 7. The minimum absolute atomic E-state index is 0.0709. The van der Waals surface area contributed by atoms with E-state index in [1.165, 1.54) is 0 Å². The fourth-order valence-electron chi connectivity index (χ4n) is 1.12. The highest BCUT2D eigenvalue weighted by atomic mass is 32.2. The van der Waals surface area contributed by atoms with Crippen LogP contribution < -0.4 is 15.2 Å². The van der Waals surface area contributed by atoms with E-state index in [-0.39, 0.29) is 11.8 Å². The van der Waals surface area contributed by atoms with Crippen LogP contribution in [-0.4, -0.2) is 70.2 Å². The van der Waals surface area contributed by atoms with Crippen LogP contribution in [0.5, 0.6) is 0 Å². The smallest absolute Gasteiger partial charge is 0.324 e. The van der Waals surface area contributed by atoms with Gasteiger partial charge in [0, 0.05) is 6.92 Å². The van der Waals surface area contributed by atoms with Crippen molar-refractivity contribution in [1.29, 1.82) is 0 Å². The summed E-state index contributed by atoms with van der Waals surface area (Å²) < 4.78 is 31.7. The molecule has 1 rings (SSSR count). The summed E-state index contributed by atoms with van der Waals surface area (Å²) in [6.45, 7) is -0.670. The fourth-order valence-corrected chi connectivity index (χ4v) is 2.06. The zero-order chi connectivity index (χ0) is 19.6. The molecule has 1 aromatic rings. The maximum Gasteiger partial charge on any atom is 0.324 e. The molecule has 8 N–H and O–H groups in total. The number of nitrogens with two attached hydrogens (primary N) is 1. The maximum absolute atomic E-state index is 11.5. The van der Waals surface area contributed by atoms with E-state index < -0.39 is 54.0 Å². The number of nitrogens with zero attached hydrogens (tertiary/aromatic N) is 2. The van der Waals surface area contributed by atoms with Crippen LogP contribution in [-0.2, 0) is 26.3 Å². The van der Waals surface area contributed by atoms with E-state index in [0.29, 0.717) is 0 Å². The molecule has 0 aromatic carbocycles. The van der Waals surface area contributed by atoms with Gasteiger partial charge in [-0.2, -0.15) is 17.9 Å². The van der Waals surface area contributed by atoms with Crippen LogP contribution in [0.2, 0.25) is 0 Å². The number of nitrogens with one attached hydrogen (secondary N) is 2. The van der Waals surface area contributed by atoms with Gasteiger partial charge < -0.3 is 30.6 Å². The quantitative estimate of drug-likeness (QED) is 0.219. The molecule has 0 aliphatic rings. The average Bonchev–Trinajstić information content (AvgIpc) is 2.98. The molecule has 14 nitrogen and oxygen atoms in total. The van der Waals surface area contributed by atoms with Gasteiger partial charge in [0.25, 0.3) is 16.2 Å². The van der Waals surface area contributed by atoms with Gasteiger partial charge in [-0.15, -0.1) is 10.2 Å². The summed E-state index contributed by atoms with van der Waals surface area (Å²) in [4.78, 5) is 19.6. The standard InChI is InChI=1S/C8H15N5O7S.C2H4O2/c9-4(2-14)7-12-11-6(20-7)1-10-21(18,19)13-5(3-15)8(16)17;1-2(3)4/h4-5,10,13-15H,1-3,9H2,(H,16,17);1H3,(H,3,4). The Morgan fingerprint density at radius 2 is 1.80 bits per heavy atom. The second-order valence-corrected chi connectivity index (χ2v) is 5.89. The van der Waals surface area contributed by atoms with Crippen LogP contribution in [0.25, 0.3) is 0 Å². The summed E-state index contributed by atoms with van der Waals surface area (Å²) in [6, 6.07) is -2.56. The second-order valence-electron chi connectivity index (χ2n) is 4.36. The van der Waals surface area contributed by atoms with E-state index >= 15 is 0 Å². The molecule has 1 heterocycles. The van der Waals surface area contributed by atoms with Gasteiger partial charge in [0.15, 0.2) is 0 Å². The molecular formula is C10H19N5O9S. The lowest BCUT2D eigenvalue weighted by Gasteiger charge is -2.11. The monoisotopic (exact) mass is 385 g/mol. The molecule has 0 saturated heterocycles. The largest absolute Gasteiger partial charge is 0.481 e. The van der Waals surface area contributed by atoms with Crippen LogP contribution in [0.1, 0.15) is 24.7 Å². The Balaban J connectivity index is 0.00000129. The normalized spacial score (nSPS) is 13.4. The van der Waals surface area contributed by atoms with Crippen molar-refractivity contribution in [3.63, 3.8) is 0 Å². The molecule has 0 radical (unpaired) electrons. The van der Waals surface area contributed by atoms with Gasteiger partial charge in [-0.05, 0) is 0 Å². The number of hydrogen-bond acceptors (Lipinski definition) is 10. The Morgan fingerprint density at radius 3 is 2.24 bits per heavy atom. The summed E-state index contributed by atoms with van der Waals surface area (Å²) in [6.07, 6.45) is 0. The van der Waals surface area contributed by atoms with E-state index in [0.717, 1.165) is 6.92 Å². The van der Waals surface area contributed by atoms with E-state index in [4.69, 9.17) is 35.4 Å². The van der Waals surface area contributed by atoms with Gasteiger partial charge >= 0.3 is 5.97 Å². The van der Waals surface area contributed by atoms with Crippen molar-refractivity contribution in [1.82, 2.24) is 19.6 Å². The van der Waals surface area contributed by atoms with Gasteiger partial charge in [-0.3, -0.25) is 9.59 Å². The zero-order valence-electron chi connectivity index (χ0n) is 13.0. The first-order valence-corrected chi connectivity index (χ1v) is 7.99. The van der Waals surface area contributed by atoms with Crippen LogP contribution in [0.3, 0.4) is 0 Å². The van der Waals surface area contributed by atoms with Crippen molar-refractivity contribution in [2.24, 2.45) is 5.73 Å². The molecule has 0 aliphatic carbocycles. The predicted octanol–water partition coefficient (Wildman–Crippen LogP) is -3.48. The Kier molecular flexibility index (Phi) is 9.72. The molecule has 0 fully saturated rings. The Bertz CT molecular complexity index is 657. The third-order valence-corrected chi connectivity index (χ3v) is 3.31. The van der Waals surface area contributed by atoms with Crippen molar-refractivity contribution < 1.29 is 42.9 Å². The summed E-state index contributed by atoms with van der Waals surface area (Å²) in [5, 5.41) is 40.5. The van der Waals surface area contributed by atoms with Crippen molar-refractivity contribution in [2.75, 3.05) is 13.2 Å². The van der Waals surface area contributed by atoms with Gasteiger partial charge in [-0.1, -0.05) is 0 Å². The lowest BCUT2D eigenvalue weighted by Crippen LogP contribution is -2.48. The van der Waals surface area contributed by atoms with Crippen molar-refractivity contribution in [3.05, 3.63) is 11.8 Å². The molecule has 0 saturated carbocycles. The molecule has 144 valence electrons. The van der Waals surface area contributed by atoms with Gasteiger partial charge in [0.1, 0.15) is 12.1 Å². The minimum atomic E-state index is -4.20. The topological polar surface area (TPSA) is 238 Å². The lowest BCUT2D eigenvalue weighted by atomic mass is 10.3. The SMILES string of the molecule is CC(=O)O.NC(CO)c1nnc(CNS(=O)(=O)NC(CO)C(=O)O)o1. The van der Waals surface area contributed by atoms with Crippen LogP contribution >= 0.6 is 0 Å². The molecule has 1 aromatic heterocycles. The maximum atomic E-state index is 11.5. The third-order valence-electron chi connectivity index (χ3n) is 2.19. The number of carboxylic acids is 2. The number of rotatable bonds is 9. The fraction of sp³-hybridized carbons (Fsp3) is 0.600. The van der Waals surface area contributed by atoms with E-state index in [1.807, 2.05) is 4.72 Å². The third kappa shape index (κ3) is 9.65. The van der Waals surface area contributed by atoms with Gasteiger partial charge in [-0.25, -0.2) is 0 Å². The number of aliphatic carboxylic acids is 2. The Hall–Kier alpha value is -2.17. The Morgan fingerprint density at radius 1 is 1.24 bits per heavy atom. The van der Waals surface area contributed by atoms with Crippen LogP contribution in [0.4, 0.5) is 0 Å². The molecule has 0 bridgehead atoms. The molecular weight excluding hydrogens is 366 g/mol. The summed E-state index contributed by atoms with van der Waals surface area (Å²) in [5.74, 6) is -2.56. The summed E-state index contributed by atoms with van der Waals surface area (Å²) in [5.41, 5.74) is 5.42. The minimum Gasteiger partial charge on any atom is -0.481 e. The number of aliphatic hydroxyl groups is 2. The number of carboxylic acid groups (broad SMARTS) is 2. The van der Waals surface area contributed by atoms with E-state index in [1.54, 1.807) is 4.72 Å². The summed E-state index contributed by atoms with van der Waals surface area (Å²) >= 11 is 0. The van der Waals surface area contributed by atoms with Crippen LogP contribution in [0.15, 0.2) is 4.42 Å². The van der Waals surface area contributed by atoms with Gasteiger partial charge in [0.05, 0.1) is 19.8 Å². The highest BCUT2D eigenvalue weighted by Crippen LogP contribution is 2.07. The highest BCUT2D eigenvalue weighted by molar-refractivity contribution is 7.87. The van der Waals surface area contributed by atoms with E-state index in [9.17, 15) is 13.2 Å². The zero-order valence-corrected chi connectivity index (χ0v) is 13.8. The second kappa shape index (κ2) is 10.6. The van der Waals surface area contributed by atoms with Crippen molar-refractivity contribution in [3.8, 4) is 0 Å². The number of aliphatic hydroxyl groups excluding tert-OH is 2. The first-order chi connectivity index (χ1) is 11.5. The molecule has 15 heteroatoms. The average molecular weight is 385 g/mol. The molecule has 25 heavy (non-hydrogen) atoms. The van der Waals surface area contributed by atoms with E-state index in [2.05, 4.69) is 10.2 Å². The van der Waals surface area contributed by atoms with Crippen LogP contribution in [0, 0.1) is 0 Å². The molecule has 0 spiro atoms. The first-order valence-electron chi connectivity index (χ1n) is 6.51. The first kappa shape index (κ1) is 22.8. The molecule has 0 aliphatic heterocycles. The lowest BCUT2D eigenvalue weighted by molar-refractivity contribution is -0.140. The van der Waals surface area contributed by atoms with Crippen molar-refractivity contribution in [2.45, 2.75) is 25.6 Å². The Labute approximate surface area is 141 Å². The highest BCUT2D eigenvalue weighted by Gasteiger charge is 2.23. The summed E-state index contributed by atoms with van der Waals surface area (Å²) in [7, 11) is -4.20. The molecule has 0 amide bonds.